The highest BCUT2D eigenvalue weighted by atomic mass is 32.2. The number of rotatable bonds is 9. The smallest absolute Gasteiger partial charge is 0.267 e. The summed E-state index contributed by atoms with van der Waals surface area (Å²) in [5.41, 5.74) is 2.74. The maximum absolute atomic E-state index is 13.7. The first-order valence-corrected chi connectivity index (χ1v) is 13.1. The van der Waals surface area contributed by atoms with Crippen LogP contribution < -0.4 is 9.47 Å². The van der Waals surface area contributed by atoms with Crippen LogP contribution in [0.15, 0.2) is 88.8 Å². The molecule has 1 fully saturated rings. The molecule has 0 aliphatic carbocycles. The lowest BCUT2D eigenvalue weighted by Crippen LogP contribution is -2.32. The lowest BCUT2D eigenvalue weighted by molar-refractivity contribution is -0.123. The van der Waals surface area contributed by atoms with Gasteiger partial charge in [0.2, 0.25) is 0 Å². The van der Waals surface area contributed by atoms with Gasteiger partial charge in [-0.25, -0.2) is 4.99 Å². The van der Waals surface area contributed by atoms with E-state index in [1.165, 1.54) is 11.8 Å². The second-order valence-corrected chi connectivity index (χ2v) is 9.96. The van der Waals surface area contributed by atoms with E-state index in [-0.39, 0.29) is 11.9 Å². The second-order valence-electron chi connectivity index (χ2n) is 8.95. The minimum Gasteiger partial charge on any atom is -0.490 e. The quantitative estimate of drug-likeness (QED) is 0.286. The van der Waals surface area contributed by atoms with Gasteiger partial charge in [-0.1, -0.05) is 68.4 Å². The highest BCUT2D eigenvalue weighted by Crippen LogP contribution is 2.40. The molecule has 1 saturated heterocycles. The minimum absolute atomic E-state index is 0.0656. The Hall–Kier alpha value is -3.51. The van der Waals surface area contributed by atoms with Crippen molar-refractivity contribution in [3.05, 3.63) is 94.9 Å². The van der Waals surface area contributed by atoms with Crippen LogP contribution in [0.2, 0.25) is 0 Å². The van der Waals surface area contributed by atoms with Gasteiger partial charge in [-0.3, -0.25) is 9.69 Å². The molecule has 36 heavy (non-hydrogen) atoms. The van der Waals surface area contributed by atoms with Crippen molar-refractivity contribution in [3.8, 4) is 11.5 Å². The third-order valence-electron chi connectivity index (χ3n) is 5.62. The summed E-state index contributed by atoms with van der Waals surface area (Å²) in [6.45, 7) is 9.34. The van der Waals surface area contributed by atoms with Crippen LogP contribution in [0.1, 0.15) is 44.9 Å². The number of ether oxygens (including phenoxy) is 2. The summed E-state index contributed by atoms with van der Waals surface area (Å²) in [6, 6.07) is 25.4. The maximum Gasteiger partial charge on any atom is 0.267 e. The number of aliphatic imine (C=N–C) groups is 1. The van der Waals surface area contributed by atoms with Gasteiger partial charge in [0, 0.05) is 0 Å². The van der Waals surface area contributed by atoms with Gasteiger partial charge in [0.25, 0.3) is 5.91 Å². The Kier molecular flexibility index (Phi) is 8.49. The molecule has 1 heterocycles. The van der Waals surface area contributed by atoms with E-state index >= 15 is 0 Å². The Morgan fingerprint density at radius 3 is 2.28 bits per heavy atom. The molecule has 0 N–H and O–H groups in total. The van der Waals surface area contributed by atoms with Crippen molar-refractivity contribution in [1.82, 2.24) is 4.90 Å². The van der Waals surface area contributed by atoms with Crippen LogP contribution in [-0.2, 0) is 4.79 Å². The van der Waals surface area contributed by atoms with Gasteiger partial charge in [-0.2, -0.15) is 0 Å². The predicted octanol–water partition coefficient (Wildman–Crippen LogP) is 7.49. The van der Waals surface area contributed by atoms with Gasteiger partial charge >= 0.3 is 0 Å². The molecular weight excluding hydrogens is 468 g/mol. The summed E-state index contributed by atoms with van der Waals surface area (Å²) in [7, 11) is 0. The summed E-state index contributed by atoms with van der Waals surface area (Å²) >= 11 is 1.39. The molecule has 0 saturated carbocycles. The largest absolute Gasteiger partial charge is 0.490 e. The molecule has 1 atom stereocenters. The van der Waals surface area contributed by atoms with Crippen molar-refractivity contribution >= 4 is 34.6 Å². The van der Waals surface area contributed by atoms with Crippen molar-refractivity contribution in [2.75, 3.05) is 13.2 Å². The molecule has 0 radical (unpaired) electrons. The molecule has 186 valence electrons. The van der Waals surface area contributed by atoms with Gasteiger partial charge in [0.15, 0.2) is 16.7 Å². The molecule has 0 unspecified atom stereocenters. The van der Waals surface area contributed by atoms with Gasteiger partial charge in [-0.05, 0) is 73.0 Å². The van der Waals surface area contributed by atoms with E-state index in [0.29, 0.717) is 40.7 Å². The number of carbonyl (C=O) groups excluding carboxylic acids is 1. The van der Waals surface area contributed by atoms with Gasteiger partial charge in [0.1, 0.15) is 0 Å². The topological polar surface area (TPSA) is 51.1 Å². The van der Waals surface area contributed by atoms with E-state index in [1.807, 2.05) is 98.8 Å². The Labute approximate surface area is 217 Å². The summed E-state index contributed by atoms with van der Waals surface area (Å²) in [5.74, 6) is 1.73. The molecule has 1 amide bonds. The lowest BCUT2D eigenvalue weighted by atomic mass is 10.1. The fourth-order valence-electron chi connectivity index (χ4n) is 3.81. The zero-order valence-corrected chi connectivity index (χ0v) is 22.0. The average Bonchev–Trinajstić information content (AvgIpc) is 3.18. The molecule has 6 heteroatoms. The standard InChI is InChI=1S/C30H32N2O3S/c1-5-34-27-18-23(16-17-26(27)35-20-21(2)3)19-28-29(33)32(22(4)24-12-8-6-9-13-24)30(36-28)31-25-14-10-7-11-15-25/h6-19,21-22H,5,20H2,1-4H3/b28-19+,31-30?/t22-/m1/s1. The minimum atomic E-state index is -0.162. The molecule has 1 aliphatic rings. The van der Waals surface area contributed by atoms with Crippen molar-refractivity contribution in [2.24, 2.45) is 10.9 Å². The fraction of sp³-hybridized carbons (Fsp3) is 0.267. The van der Waals surface area contributed by atoms with Crippen LogP contribution in [0.5, 0.6) is 11.5 Å². The third-order valence-corrected chi connectivity index (χ3v) is 6.61. The number of amidine groups is 1. The van der Waals surface area contributed by atoms with Crippen LogP contribution in [0.25, 0.3) is 6.08 Å². The van der Waals surface area contributed by atoms with Crippen LogP contribution in [0.3, 0.4) is 0 Å². The van der Waals surface area contributed by atoms with Gasteiger partial charge in [-0.15, -0.1) is 0 Å². The zero-order valence-electron chi connectivity index (χ0n) is 21.2. The predicted molar refractivity (Wildman–Crippen MR) is 149 cm³/mol. The number of thioether (sulfide) groups is 1. The third kappa shape index (κ3) is 6.18. The van der Waals surface area contributed by atoms with E-state index < -0.39 is 0 Å². The maximum atomic E-state index is 13.7. The number of nitrogens with zero attached hydrogens (tertiary/aromatic N) is 2. The fourth-order valence-corrected chi connectivity index (χ4v) is 4.88. The monoisotopic (exact) mass is 500 g/mol. The summed E-state index contributed by atoms with van der Waals surface area (Å²) in [6.07, 6.45) is 1.90. The zero-order chi connectivity index (χ0) is 25.5. The molecule has 0 bridgehead atoms. The summed E-state index contributed by atoms with van der Waals surface area (Å²) in [5, 5.41) is 0.663. The van der Waals surface area contributed by atoms with Gasteiger partial charge in [0.05, 0.1) is 29.8 Å². The number of para-hydroxylation sites is 1. The summed E-state index contributed by atoms with van der Waals surface area (Å²) < 4.78 is 11.8. The Morgan fingerprint density at radius 2 is 1.61 bits per heavy atom. The van der Waals surface area contributed by atoms with Crippen LogP contribution in [-0.4, -0.2) is 29.2 Å². The molecule has 0 spiro atoms. The van der Waals surface area contributed by atoms with Crippen LogP contribution in [0.4, 0.5) is 5.69 Å². The first-order chi connectivity index (χ1) is 17.5. The van der Waals surface area contributed by atoms with Crippen molar-refractivity contribution in [1.29, 1.82) is 0 Å². The molecule has 1 aliphatic heterocycles. The summed E-state index contributed by atoms with van der Waals surface area (Å²) in [4.78, 5) is 20.9. The first kappa shape index (κ1) is 25.6. The van der Waals surface area contributed by atoms with E-state index in [4.69, 9.17) is 14.5 Å². The molecular formula is C30H32N2O3S. The second kappa shape index (κ2) is 12.0. The Balaban J connectivity index is 1.69. The van der Waals surface area contributed by atoms with Crippen LogP contribution >= 0.6 is 11.8 Å². The SMILES string of the molecule is CCOc1cc(/C=C2/SC(=Nc3ccccc3)N([C@H](C)c3ccccc3)C2=O)ccc1OCC(C)C. The average molecular weight is 501 g/mol. The number of carbonyl (C=O) groups is 1. The highest BCUT2D eigenvalue weighted by molar-refractivity contribution is 8.18. The van der Waals surface area contributed by atoms with Crippen molar-refractivity contribution in [2.45, 2.75) is 33.7 Å². The van der Waals surface area contributed by atoms with E-state index in [2.05, 4.69) is 13.8 Å². The molecule has 4 rings (SSSR count). The molecule has 5 nitrogen and oxygen atoms in total. The number of hydrogen-bond donors (Lipinski definition) is 0. The van der Waals surface area contributed by atoms with Crippen molar-refractivity contribution in [3.63, 3.8) is 0 Å². The van der Waals surface area contributed by atoms with E-state index in [9.17, 15) is 4.79 Å². The highest BCUT2D eigenvalue weighted by Gasteiger charge is 2.37. The van der Waals surface area contributed by atoms with Crippen LogP contribution in [0, 0.1) is 5.92 Å². The Bertz CT molecular complexity index is 1240. The number of benzene rings is 3. The number of hydrogen-bond acceptors (Lipinski definition) is 5. The lowest BCUT2D eigenvalue weighted by Gasteiger charge is -2.24. The van der Waals surface area contributed by atoms with E-state index in [1.54, 1.807) is 4.90 Å². The molecule has 3 aromatic rings. The molecule has 0 aromatic heterocycles. The Morgan fingerprint density at radius 1 is 0.917 bits per heavy atom. The van der Waals surface area contributed by atoms with Gasteiger partial charge < -0.3 is 9.47 Å². The first-order valence-electron chi connectivity index (χ1n) is 12.3. The normalized spacial score (nSPS) is 16.7. The van der Waals surface area contributed by atoms with Crippen molar-refractivity contribution < 1.29 is 14.3 Å². The number of amides is 1. The van der Waals surface area contributed by atoms with E-state index in [0.717, 1.165) is 16.8 Å². The molecule has 3 aromatic carbocycles.